The average Bonchev–Trinajstić information content (AvgIpc) is 3.19. The van der Waals surface area contributed by atoms with E-state index in [0.717, 1.165) is 12.8 Å². The zero-order valence-electron chi connectivity index (χ0n) is 12.5. The van der Waals surface area contributed by atoms with Crippen LogP contribution >= 0.6 is 23.2 Å². The summed E-state index contributed by atoms with van der Waals surface area (Å²) in [7, 11) is 0. The first-order chi connectivity index (χ1) is 11.1. The van der Waals surface area contributed by atoms with Gasteiger partial charge in [0.2, 0.25) is 0 Å². The van der Waals surface area contributed by atoms with Gasteiger partial charge in [0.25, 0.3) is 5.91 Å². The second kappa shape index (κ2) is 7.23. The van der Waals surface area contributed by atoms with E-state index in [4.69, 9.17) is 27.9 Å². The van der Waals surface area contributed by atoms with Gasteiger partial charge in [0.15, 0.2) is 6.61 Å². The van der Waals surface area contributed by atoms with E-state index in [1.165, 1.54) is 12.8 Å². The van der Waals surface area contributed by atoms with E-state index in [2.05, 4.69) is 10.4 Å². The van der Waals surface area contributed by atoms with E-state index >= 15 is 0 Å². The molecule has 1 aromatic heterocycles. The molecule has 1 N–H and O–H groups in total. The molecule has 0 bridgehead atoms. The third-order valence-electron chi connectivity index (χ3n) is 3.87. The summed E-state index contributed by atoms with van der Waals surface area (Å²) in [6.45, 7) is -0.103. The standard InChI is InChI=1S/C16H17Cl2N3O2/c17-13-6-5-12(9-14(13)18)23-10-16(22)20-15-7-8-19-21(15)11-3-1-2-4-11/h5-9,11H,1-4,10H2,(H,20,22). The van der Waals surface area contributed by atoms with Crippen LogP contribution in [0.4, 0.5) is 5.82 Å². The summed E-state index contributed by atoms with van der Waals surface area (Å²) in [6.07, 6.45) is 6.32. The summed E-state index contributed by atoms with van der Waals surface area (Å²) in [6, 6.07) is 7.06. The maximum Gasteiger partial charge on any atom is 0.263 e. The highest BCUT2D eigenvalue weighted by atomic mass is 35.5. The van der Waals surface area contributed by atoms with E-state index in [-0.39, 0.29) is 12.5 Å². The summed E-state index contributed by atoms with van der Waals surface area (Å²) in [5, 5.41) is 8.00. The Balaban J connectivity index is 1.57. The average molecular weight is 354 g/mol. The number of halogens is 2. The zero-order chi connectivity index (χ0) is 16.2. The van der Waals surface area contributed by atoms with E-state index in [9.17, 15) is 4.79 Å². The van der Waals surface area contributed by atoms with Crippen molar-refractivity contribution < 1.29 is 9.53 Å². The van der Waals surface area contributed by atoms with Gasteiger partial charge in [0.05, 0.1) is 22.3 Å². The van der Waals surface area contributed by atoms with Crippen LogP contribution in [-0.2, 0) is 4.79 Å². The normalized spacial score (nSPS) is 14.9. The number of anilines is 1. The van der Waals surface area contributed by atoms with Crippen molar-refractivity contribution in [2.45, 2.75) is 31.7 Å². The molecule has 1 amide bonds. The smallest absolute Gasteiger partial charge is 0.263 e. The molecule has 7 heteroatoms. The van der Waals surface area contributed by atoms with Gasteiger partial charge in [-0.05, 0) is 25.0 Å². The molecular formula is C16H17Cl2N3O2. The fourth-order valence-electron chi connectivity index (χ4n) is 2.75. The molecule has 0 radical (unpaired) electrons. The van der Waals surface area contributed by atoms with Crippen molar-refractivity contribution in [1.29, 1.82) is 0 Å². The monoisotopic (exact) mass is 353 g/mol. The first kappa shape index (κ1) is 16.1. The minimum atomic E-state index is -0.240. The first-order valence-corrected chi connectivity index (χ1v) is 8.30. The molecule has 3 rings (SSSR count). The lowest BCUT2D eigenvalue weighted by Gasteiger charge is -2.14. The van der Waals surface area contributed by atoms with E-state index in [1.54, 1.807) is 30.5 Å². The van der Waals surface area contributed by atoms with Crippen molar-refractivity contribution in [3.05, 3.63) is 40.5 Å². The van der Waals surface area contributed by atoms with Crippen LogP contribution in [0.2, 0.25) is 10.0 Å². The fourth-order valence-corrected chi connectivity index (χ4v) is 3.04. The van der Waals surface area contributed by atoms with Gasteiger partial charge in [-0.15, -0.1) is 0 Å². The topological polar surface area (TPSA) is 56.1 Å². The third kappa shape index (κ3) is 3.98. The maximum absolute atomic E-state index is 12.1. The second-order valence-electron chi connectivity index (χ2n) is 5.51. The minimum Gasteiger partial charge on any atom is -0.484 e. The Hall–Kier alpha value is -1.72. The van der Waals surface area contributed by atoms with E-state index < -0.39 is 0 Å². The van der Waals surface area contributed by atoms with Gasteiger partial charge in [-0.3, -0.25) is 4.79 Å². The number of nitrogens with one attached hydrogen (secondary N) is 1. The van der Waals surface area contributed by atoms with Crippen LogP contribution < -0.4 is 10.1 Å². The Morgan fingerprint density at radius 3 is 2.78 bits per heavy atom. The second-order valence-corrected chi connectivity index (χ2v) is 6.33. The van der Waals surface area contributed by atoms with Crippen molar-refractivity contribution in [1.82, 2.24) is 9.78 Å². The molecule has 23 heavy (non-hydrogen) atoms. The van der Waals surface area contributed by atoms with Gasteiger partial charge in [-0.25, -0.2) is 4.68 Å². The number of nitrogens with zero attached hydrogens (tertiary/aromatic N) is 2. The molecule has 0 unspecified atom stereocenters. The van der Waals surface area contributed by atoms with Crippen molar-refractivity contribution in [2.24, 2.45) is 0 Å². The molecule has 1 aromatic carbocycles. The van der Waals surface area contributed by atoms with Crippen molar-refractivity contribution in [2.75, 3.05) is 11.9 Å². The van der Waals surface area contributed by atoms with Crippen molar-refractivity contribution in [3.8, 4) is 5.75 Å². The number of carbonyl (C=O) groups excluding carboxylic acids is 1. The van der Waals surface area contributed by atoms with E-state index in [1.807, 2.05) is 4.68 Å². The van der Waals surface area contributed by atoms with Crippen molar-refractivity contribution >= 4 is 34.9 Å². The molecule has 5 nitrogen and oxygen atoms in total. The van der Waals surface area contributed by atoms with E-state index in [0.29, 0.717) is 27.7 Å². The number of hydrogen-bond donors (Lipinski definition) is 1. The van der Waals surface area contributed by atoms with Gasteiger partial charge >= 0.3 is 0 Å². The zero-order valence-corrected chi connectivity index (χ0v) is 14.0. The van der Waals surface area contributed by atoms with Crippen LogP contribution in [0.1, 0.15) is 31.7 Å². The molecule has 1 fully saturated rings. The Kier molecular flexibility index (Phi) is 5.08. The Bertz CT molecular complexity index is 696. The molecular weight excluding hydrogens is 337 g/mol. The van der Waals surface area contributed by atoms with Crippen molar-refractivity contribution in [3.63, 3.8) is 0 Å². The summed E-state index contributed by atoms with van der Waals surface area (Å²) in [4.78, 5) is 12.1. The number of rotatable bonds is 5. The summed E-state index contributed by atoms with van der Waals surface area (Å²) in [5.74, 6) is 0.967. The van der Waals surface area contributed by atoms with Gasteiger partial charge in [0, 0.05) is 12.1 Å². The summed E-state index contributed by atoms with van der Waals surface area (Å²) >= 11 is 11.8. The molecule has 2 aromatic rings. The molecule has 0 atom stereocenters. The van der Waals surface area contributed by atoms with Gasteiger partial charge in [-0.2, -0.15) is 5.10 Å². The summed E-state index contributed by atoms with van der Waals surface area (Å²) in [5.41, 5.74) is 0. The first-order valence-electron chi connectivity index (χ1n) is 7.54. The van der Waals surface area contributed by atoms with Gasteiger partial charge < -0.3 is 10.1 Å². The molecule has 1 heterocycles. The predicted molar refractivity (Wildman–Crippen MR) is 90.3 cm³/mol. The number of amides is 1. The number of hydrogen-bond acceptors (Lipinski definition) is 3. The number of ether oxygens (including phenoxy) is 1. The SMILES string of the molecule is O=C(COc1ccc(Cl)c(Cl)c1)Nc1ccnn1C1CCCC1. The lowest BCUT2D eigenvalue weighted by Crippen LogP contribution is -2.23. The molecule has 0 saturated heterocycles. The van der Waals surface area contributed by atoms with Crippen LogP contribution in [0.15, 0.2) is 30.5 Å². The largest absolute Gasteiger partial charge is 0.484 e. The maximum atomic E-state index is 12.1. The van der Waals surface area contributed by atoms with Gasteiger partial charge in [-0.1, -0.05) is 36.0 Å². The lowest BCUT2D eigenvalue weighted by molar-refractivity contribution is -0.118. The van der Waals surface area contributed by atoms with Crippen LogP contribution in [-0.4, -0.2) is 22.3 Å². The Morgan fingerprint density at radius 2 is 2.04 bits per heavy atom. The highest BCUT2D eigenvalue weighted by molar-refractivity contribution is 6.42. The molecule has 122 valence electrons. The number of benzene rings is 1. The minimum absolute atomic E-state index is 0.103. The molecule has 0 spiro atoms. The fraction of sp³-hybridized carbons (Fsp3) is 0.375. The van der Waals surface area contributed by atoms with Gasteiger partial charge in [0.1, 0.15) is 11.6 Å². The third-order valence-corrected chi connectivity index (χ3v) is 4.61. The van der Waals surface area contributed by atoms with Crippen LogP contribution in [0.3, 0.4) is 0 Å². The number of carbonyl (C=O) groups is 1. The molecule has 1 aliphatic carbocycles. The Labute approximate surface area is 144 Å². The lowest BCUT2D eigenvalue weighted by atomic mass is 10.2. The Morgan fingerprint density at radius 1 is 1.26 bits per heavy atom. The molecule has 0 aliphatic heterocycles. The summed E-state index contributed by atoms with van der Waals surface area (Å²) < 4.78 is 7.33. The predicted octanol–water partition coefficient (Wildman–Crippen LogP) is 4.32. The highest BCUT2D eigenvalue weighted by Gasteiger charge is 2.20. The molecule has 1 aliphatic rings. The quantitative estimate of drug-likeness (QED) is 0.870. The highest BCUT2D eigenvalue weighted by Crippen LogP contribution is 2.31. The van der Waals surface area contributed by atoms with Crippen LogP contribution in [0, 0.1) is 0 Å². The number of aromatic nitrogens is 2. The van der Waals surface area contributed by atoms with Crippen LogP contribution in [0.5, 0.6) is 5.75 Å². The van der Waals surface area contributed by atoms with Crippen LogP contribution in [0.25, 0.3) is 0 Å². The molecule has 1 saturated carbocycles.